The lowest BCUT2D eigenvalue weighted by atomic mass is 10.1. The van der Waals surface area contributed by atoms with E-state index >= 15 is 0 Å². The van der Waals surface area contributed by atoms with Gasteiger partial charge < -0.3 is 9.80 Å². The van der Waals surface area contributed by atoms with Gasteiger partial charge in [0.2, 0.25) is 5.91 Å². The summed E-state index contributed by atoms with van der Waals surface area (Å²) >= 11 is 1.64. The van der Waals surface area contributed by atoms with E-state index in [1.165, 1.54) is 12.1 Å². The Labute approximate surface area is 161 Å². The van der Waals surface area contributed by atoms with Gasteiger partial charge in [-0.15, -0.1) is 21.5 Å². The van der Waals surface area contributed by atoms with Crippen LogP contribution in [0.25, 0.3) is 10.6 Å². The van der Waals surface area contributed by atoms with Crippen LogP contribution in [0.1, 0.15) is 5.56 Å². The lowest BCUT2D eigenvalue weighted by molar-refractivity contribution is -0.130. The number of anilines is 1. The van der Waals surface area contributed by atoms with Gasteiger partial charge in [-0.05, 0) is 41.3 Å². The van der Waals surface area contributed by atoms with Gasteiger partial charge in [-0.25, -0.2) is 4.39 Å². The second-order valence-electron chi connectivity index (χ2n) is 6.43. The zero-order valence-electron chi connectivity index (χ0n) is 14.7. The molecular formula is C20H19FN4OS. The zero-order valence-corrected chi connectivity index (χ0v) is 15.5. The fraction of sp³-hybridized carbons (Fsp3) is 0.250. The van der Waals surface area contributed by atoms with Gasteiger partial charge in [-0.1, -0.05) is 18.2 Å². The molecule has 0 spiro atoms. The minimum atomic E-state index is -0.286. The predicted octanol–water partition coefficient (Wildman–Crippen LogP) is 3.24. The molecule has 0 aliphatic carbocycles. The summed E-state index contributed by atoms with van der Waals surface area (Å²) < 4.78 is 13.0. The van der Waals surface area contributed by atoms with Gasteiger partial charge in [-0.3, -0.25) is 4.79 Å². The number of thiophene rings is 1. The number of halogens is 1. The summed E-state index contributed by atoms with van der Waals surface area (Å²) in [6, 6.07) is 14.1. The molecule has 138 valence electrons. The third-order valence-corrected chi connectivity index (χ3v) is 5.54. The number of carbonyl (C=O) groups excluding carboxylic acids is 1. The molecule has 0 unspecified atom stereocenters. The van der Waals surface area contributed by atoms with Crippen molar-refractivity contribution in [3.8, 4) is 10.6 Å². The van der Waals surface area contributed by atoms with Crippen molar-refractivity contribution in [2.75, 3.05) is 31.1 Å². The minimum Gasteiger partial charge on any atom is -0.352 e. The molecule has 3 aromatic rings. The van der Waals surface area contributed by atoms with Crippen LogP contribution in [-0.4, -0.2) is 47.2 Å². The molecule has 1 fully saturated rings. The molecule has 1 aliphatic rings. The second-order valence-corrected chi connectivity index (χ2v) is 7.37. The predicted molar refractivity (Wildman–Crippen MR) is 104 cm³/mol. The summed E-state index contributed by atoms with van der Waals surface area (Å²) in [5.74, 6) is 0.618. The summed E-state index contributed by atoms with van der Waals surface area (Å²) in [5, 5.41) is 10.7. The Hall–Kier alpha value is -2.80. The van der Waals surface area contributed by atoms with Gasteiger partial charge >= 0.3 is 0 Å². The molecule has 3 heterocycles. The fourth-order valence-corrected chi connectivity index (χ4v) is 3.81. The van der Waals surface area contributed by atoms with E-state index in [1.54, 1.807) is 23.5 Å². The highest BCUT2D eigenvalue weighted by Crippen LogP contribution is 2.23. The zero-order chi connectivity index (χ0) is 18.6. The van der Waals surface area contributed by atoms with Crippen LogP contribution in [0.4, 0.5) is 10.2 Å². The minimum absolute atomic E-state index is 0.0698. The summed E-state index contributed by atoms with van der Waals surface area (Å²) in [7, 11) is 0. The lowest BCUT2D eigenvalue weighted by Gasteiger charge is -2.35. The van der Waals surface area contributed by atoms with Gasteiger partial charge in [-0.2, -0.15) is 0 Å². The van der Waals surface area contributed by atoms with Crippen LogP contribution in [0.2, 0.25) is 0 Å². The summed E-state index contributed by atoms with van der Waals surface area (Å²) in [5.41, 5.74) is 1.71. The van der Waals surface area contributed by atoms with Crippen molar-refractivity contribution >= 4 is 23.1 Å². The molecule has 4 rings (SSSR count). The van der Waals surface area contributed by atoms with E-state index in [4.69, 9.17) is 0 Å². The van der Waals surface area contributed by atoms with Gasteiger partial charge in [0.15, 0.2) is 5.82 Å². The molecule has 0 atom stereocenters. The largest absolute Gasteiger partial charge is 0.352 e. The van der Waals surface area contributed by atoms with Crippen molar-refractivity contribution in [1.82, 2.24) is 15.1 Å². The van der Waals surface area contributed by atoms with Crippen molar-refractivity contribution < 1.29 is 9.18 Å². The van der Waals surface area contributed by atoms with E-state index in [9.17, 15) is 9.18 Å². The van der Waals surface area contributed by atoms with Gasteiger partial charge in [0.25, 0.3) is 0 Å². The first-order chi connectivity index (χ1) is 13.2. The normalized spacial score (nSPS) is 14.4. The molecule has 1 amide bonds. The molecule has 5 nitrogen and oxygen atoms in total. The molecular weight excluding hydrogens is 363 g/mol. The Morgan fingerprint density at radius 1 is 1.00 bits per heavy atom. The third-order valence-electron chi connectivity index (χ3n) is 4.65. The van der Waals surface area contributed by atoms with E-state index < -0.39 is 0 Å². The fourth-order valence-electron chi connectivity index (χ4n) is 3.12. The summed E-state index contributed by atoms with van der Waals surface area (Å²) in [4.78, 5) is 17.6. The van der Waals surface area contributed by atoms with Gasteiger partial charge in [0.05, 0.1) is 11.3 Å². The van der Waals surface area contributed by atoms with E-state index in [0.717, 1.165) is 35.0 Å². The van der Waals surface area contributed by atoms with Gasteiger partial charge in [0.1, 0.15) is 11.5 Å². The molecule has 1 saturated heterocycles. The van der Waals surface area contributed by atoms with Crippen LogP contribution < -0.4 is 4.90 Å². The first-order valence-electron chi connectivity index (χ1n) is 8.84. The Balaban J connectivity index is 1.33. The van der Waals surface area contributed by atoms with Crippen molar-refractivity contribution in [2.24, 2.45) is 0 Å². The van der Waals surface area contributed by atoms with E-state index in [0.29, 0.717) is 19.5 Å². The van der Waals surface area contributed by atoms with Crippen LogP contribution in [0, 0.1) is 5.82 Å². The summed E-state index contributed by atoms with van der Waals surface area (Å²) in [6.45, 7) is 2.74. The number of hydrogen-bond donors (Lipinski definition) is 0. The number of hydrogen-bond acceptors (Lipinski definition) is 5. The molecule has 7 heteroatoms. The Bertz CT molecular complexity index is 889. The SMILES string of the molecule is O=C(Cc1ccc(F)cc1)N1CCN(c2ccc(-c3cccs3)nn2)CC1. The monoisotopic (exact) mass is 382 g/mol. The van der Waals surface area contributed by atoms with Crippen molar-refractivity contribution in [3.05, 3.63) is 65.3 Å². The quantitative estimate of drug-likeness (QED) is 0.695. The smallest absolute Gasteiger partial charge is 0.227 e. The number of piperazine rings is 1. The highest BCUT2D eigenvalue weighted by molar-refractivity contribution is 7.13. The van der Waals surface area contributed by atoms with Crippen LogP contribution in [0.3, 0.4) is 0 Å². The maximum Gasteiger partial charge on any atom is 0.227 e. The number of amides is 1. The molecule has 0 radical (unpaired) electrons. The van der Waals surface area contributed by atoms with Crippen LogP contribution >= 0.6 is 11.3 Å². The molecule has 2 aromatic heterocycles. The van der Waals surface area contributed by atoms with E-state index in [1.807, 2.05) is 34.5 Å². The van der Waals surface area contributed by atoms with E-state index in [2.05, 4.69) is 15.1 Å². The number of carbonyl (C=O) groups is 1. The topological polar surface area (TPSA) is 49.3 Å². The number of benzene rings is 1. The van der Waals surface area contributed by atoms with Crippen LogP contribution in [-0.2, 0) is 11.2 Å². The first kappa shape index (κ1) is 17.6. The standard InChI is InChI=1S/C20H19FN4OS/c21-16-5-3-15(4-6-16)14-20(26)25-11-9-24(10-12-25)19-8-7-17(22-23-19)18-2-1-13-27-18/h1-8,13H,9-12,14H2. The molecule has 1 aliphatic heterocycles. The van der Waals surface area contributed by atoms with Crippen LogP contribution in [0.5, 0.6) is 0 Å². The maximum atomic E-state index is 13.0. The average molecular weight is 382 g/mol. The highest BCUT2D eigenvalue weighted by atomic mass is 32.1. The van der Waals surface area contributed by atoms with Crippen molar-refractivity contribution in [1.29, 1.82) is 0 Å². The Morgan fingerprint density at radius 2 is 1.78 bits per heavy atom. The summed E-state index contributed by atoms with van der Waals surface area (Å²) in [6.07, 6.45) is 0.301. The average Bonchev–Trinajstić information content (AvgIpc) is 3.25. The Morgan fingerprint density at radius 3 is 2.41 bits per heavy atom. The van der Waals surface area contributed by atoms with Crippen molar-refractivity contribution in [2.45, 2.75) is 6.42 Å². The first-order valence-corrected chi connectivity index (χ1v) is 9.72. The molecule has 27 heavy (non-hydrogen) atoms. The highest BCUT2D eigenvalue weighted by Gasteiger charge is 2.22. The lowest BCUT2D eigenvalue weighted by Crippen LogP contribution is -2.49. The van der Waals surface area contributed by atoms with Crippen molar-refractivity contribution in [3.63, 3.8) is 0 Å². The number of nitrogens with zero attached hydrogens (tertiary/aromatic N) is 4. The third kappa shape index (κ3) is 4.14. The number of aromatic nitrogens is 2. The molecule has 0 saturated carbocycles. The maximum absolute atomic E-state index is 13.0. The molecule has 0 bridgehead atoms. The Kier molecular flexibility index (Phi) is 5.11. The second kappa shape index (κ2) is 7.84. The van der Waals surface area contributed by atoms with Crippen LogP contribution in [0.15, 0.2) is 53.9 Å². The number of rotatable bonds is 4. The van der Waals surface area contributed by atoms with E-state index in [-0.39, 0.29) is 11.7 Å². The molecule has 0 N–H and O–H groups in total. The molecule has 1 aromatic carbocycles. The van der Waals surface area contributed by atoms with Gasteiger partial charge in [0, 0.05) is 26.2 Å².